The fraction of sp³-hybridized carbons (Fsp3) is 0.571. The van der Waals surface area contributed by atoms with Crippen LogP contribution in [0.2, 0.25) is 0 Å². The summed E-state index contributed by atoms with van der Waals surface area (Å²) in [5.41, 5.74) is 0. The molecule has 1 rings (SSSR count). The van der Waals surface area contributed by atoms with Crippen molar-refractivity contribution in [2.24, 2.45) is 0 Å². The molecule has 1 aromatic carbocycles. The van der Waals surface area contributed by atoms with Crippen LogP contribution in [0.5, 0.6) is 0 Å². The molecule has 0 radical (unpaired) electrons. The van der Waals surface area contributed by atoms with Gasteiger partial charge in [0.15, 0.2) is 0 Å². The van der Waals surface area contributed by atoms with Crippen molar-refractivity contribution in [3.05, 3.63) is 24.3 Å². The Morgan fingerprint density at radius 1 is 0.722 bits per heavy atom. The van der Waals surface area contributed by atoms with Crippen LogP contribution in [0, 0.1) is 0 Å². The van der Waals surface area contributed by atoms with Gasteiger partial charge in [-0.05, 0) is 76.0 Å². The highest BCUT2D eigenvalue weighted by atomic mass is 32.2. The van der Waals surface area contributed by atoms with Gasteiger partial charge >= 0.3 is 0 Å². The van der Waals surface area contributed by atoms with Crippen molar-refractivity contribution >= 4 is 22.4 Å². The van der Waals surface area contributed by atoms with Gasteiger partial charge in [-0.25, -0.2) is 0 Å². The van der Waals surface area contributed by atoms with E-state index in [2.05, 4.69) is 0 Å². The number of hydrogen-bond acceptors (Lipinski definition) is 2. The van der Waals surface area contributed by atoms with E-state index in [1.165, 1.54) is 0 Å². The third-order valence-corrected chi connectivity index (χ3v) is 6.23. The maximum Gasteiger partial charge on any atom is 0.208 e. The largest absolute Gasteiger partial charge is 0.611 e. The third kappa shape index (κ3) is 3.67. The van der Waals surface area contributed by atoms with E-state index in [0.29, 0.717) is 9.79 Å². The number of benzene rings is 1. The van der Waals surface area contributed by atoms with Crippen molar-refractivity contribution in [1.29, 1.82) is 0 Å². The summed E-state index contributed by atoms with van der Waals surface area (Å²) in [6, 6.07) is 7.34. The zero-order chi connectivity index (χ0) is 14.1. The molecule has 0 N–H and O–H groups in total. The van der Waals surface area contributed by atoms with E-state index in [4.69, 9.17) is 0 Å². The summed E-state index contributed by atoms with van der Waals surface area (Å²) in [6.07, 6.45) is 0. The number of hydrogen-bond donors (Lipinski definition) is 0. The van der Waals surface area contributed by atoms with Gasteiger partial charge in [0.2, 0.25) is 9.79 Å². The van der Waals surface area contributed by atoms with Crippen molar-refractivity contribution in [2.45, 2.75) is 60.8 Å². The lowest BCUT2D eigenvalue weighted by molar-refractivity contribution is 0.546. The smallest absolute Gasteiger partial charge is 0.208 e. The van der Waals surface area contributed by atoms with Crippen molar-refractivity contribution in [2.75, 3.05) is 0 Å². The molecule has 0 fully saturated rings. The summed E-state index contributed by atoms with van der Waals surface area (Å²) in [5.74, 6) is 0. The quantitative estimate of drug-likeness (QED) is 0.781. The summed E-state index contributed by atoms with van der Waals surface area (Å²) in [5, 5.41) is 0. The van der Waals surface area contributed by atoms with Crippen LogP contribution < -0.4 is 0 Å². The molecule has 1 aromatic rings. The Morgan fingerprint density at radius 2 is 1.00 bits per heavy atom. The highest BCUT2D eigenvalue weighted by molar-refractivity contribution is 7.95. The van der Waals surface area contributed by atoms with Gasteiger partial charge in [0.05, 0.1) is 0 Å². The van der Waals surface area contributed by atoms with E-state index >= 15 is 0 Å². The molecule has 0 aromatic heterocycles. The van der Waals surface area contributed by atoms with Crippen LogP contribution in [0.3, 0.4) is 0 Å². The molecule has 0 aliphatic carbocycles. The fourth-order valence-electron chi connectivity index (χ4n) is 1.42. The molecule has 0 spiro atoms. The SMILES string of the molecule is CC(C)(C)[S+]([O-])c1ccccc1[S+]([O-])C(C)(C)C. The molecule has 2 unspecified atom stereocenters. The normalized spacial score (nSPS) is 16.4. The summed E-state index contributed by atoms with van der Waals surface area (Å²) in [7, 11) is 0. The maximum absolute atomic E-state index is 12.5. The molecule has 102 valence electrons. The number of rotatable bonds is 2. The topological polar surface area (TPSA) is 46.1 Å². The van der Waals surface area contributed by atoms with Gasteiger partial charge in [0.1, 0.15) is 9.49 Å². The van der Waals surface area contributed by atoms with Crippen LogP contribution in [-0.4, -0.2) is 18.6 Å². The zero-order valence-electron chi connectivity index (χ0n) is 11.9. The summed E-state index contributed by atoms with van der Waals surface area (Å²) in [4.78, 5) is 1.39. The first-order chi connectivity index (χ1) is 8.05. The van der Waals surface area contributed by atoms with Crippen LogP contribution in [0.1, 0.15) is 41.5 Å². The molecule has 0 bridgehead atoms. The van der Waals surface area contributed by atoms with Crippen LogP contribution in [0.25, 0.3) is 0 Å². The van der Waals surface area contributed by atoms with Crippen LogP contribution in [0.4, 0.5) is 0 Å². The second kappa shape index (κ2) is 5.45. The Balaban J connectivity index is 3.23. The summed E-state index contributed by atoms with van der Waals surface area (Å²) < 4.78 is 24.3. The lowest BCUT2D eigenvalue weighted by atomic mass is 10.3. The van der Waals surface area contributed by atoms with E-state index in [-0.39, 0.29) is 9.49 Å². The first-order valence-electron chi connectivity index (χ1n) is 5.98. The monoisotopic (exact) mass is 286 g/mol. The molecule has 2 atom stereocenters. The van der Waals surface area contributed by atoms with Gasteiger partial charge < -0.3 is 9.11 Å². The first-order valence-corrected chi connectivity index (χ1v) is 8.28. The van der Waals surface area contributed by atoms with Crippen LogP contribution in [-0.2, 0) is 22.4 Å². The molecule has 0 amide bonds. The molecule has 0 saturated carbocycles. The molecular weight excluding hydrogens is 264 g/mol. The Kier molecular flexibility index (Phi) is 4.81. The molecule has 18 heavy (non-hydrogen) atoms. The minimum absolute atomic E-state index is 0.349. The average Bonchev–Trinajstić information content (AvgIpc) is 2.24. The maximum atomic E-state index is 12.5. The van der Waals surface area contributed by atoms with Gasteiger partial charge in [-0.15, -0.1) is 0 Å². The van der Waals surface area contributed by atoms with Gasteiger partial charge in [-0.2, -0.15) is 0 Å². The average molecular weight is 286 g/mol. The Labute approximate surface area is 117 Å². The van der Waals surface area contributed by atoms with Crippen molar-refractivity contribution < 1.29 is 9.11 Å². The zero-order valence-corrected chi connectivity index (χ0v) is 13.6. The standard InChI is InChI=1S/C14H22O2S2/c1-13(2,3)17(15)11-9-7-8-10-12(11)18(16)14(4,5)6/h7-10H,1-6H3. The van der Waals surface area contributed by atoms with E-state index in [1.807, 2.05) is 65.8 Å². The van der Waals surface area contributed by atoms with Crippen molar-refractivity contribution in [3.63, 3.8) is 0 Å². The predicted octanol–water partition coefficient (Wildman–Crippen LogP) is 3.50. The van der Waals surface area contributed by atoms with E-state index in [1.54, 1.807) is 0 Å². The van der Waals surface area contributed by atoms with Crippen molar-refractivity contribution in [1.82, 2.24) is 0 Å². The summed E-state index contributed by atoms with van der Waals surface area (Å²) >= 11 is -2.32. The van der Waals surface area contributed by atoms with Crippen LogP contribution in [0.15, 0.2) is 34.1 Å². The third-order valence-electron chi connectivity index (χ3n) is 2.36. The fourth-order valence-corrected chi connectivity index (χ4v) is 4.10. The molecule has 0 aliphatic rings. The Morgan fingerprint density at radius 3 is 1.22 bits per heavy atom. The van der Waals surface area contributed by atoms with Crippen LogP contribution >= 0.6 is 0 Å². The lowest BCUT2D eigenvalue weighted by Crippen LogP contribution is -2.33. The van der Waals surface area contributed by atoms with E-state index in [0.717, 1.165) is 0 Å². The molecule has 0 heterocycles. The highest BCUT2D eigenvalue weighted by Crippen LogP contribution is 2.34. The second-order valence-corrected chi connectivity index (χ2v) is 10.6. The van der Waals surface area contributed by atoms with Crippen molar-refractivity contribution in [3.8, 4) is 0 Å². The van der Waals surface area contributed by atoms with Gasteiger partial charge in [-0.1, -0.05) is 12.1 Å². The molecular formula is C14H22O2S2. The lowest BCUT2D eigenvalue weighted by Gasteiger charge is -2.28. The van der Waals surface area contributed by atoms with E-state index in [9.17, 15) is 9.11 Å². The minimum atomic E-state index is -1.16. The Hall–Kier alpha value is -0.160. The Bertz CT molecular complexity index is 366. The molecule has 2 nitrogen and oxygen atoms in total. The summed E-state index contributed by atoms with van der Waals surface area (Å²) in [6.45, 7) is 11.6. The minimum Gasteiger partial charge on any atom is -0.611 e. The van der Waals surface area contributed by atoms with Gasteiger partial charge in [0.25, 0.3) is 0 Å². The molecule has 4 heteroatoms. The van der Waals surface area contributed by atoms with Gasteiger partial charge in [-0.3, -0.25) is 0 Å². The molecule has 0 aliphatic heterocycles. The van der Waals surface area contributed by atoms with E-state index < -0.39 is 22.4 Å². The second-order valence-electron chi connectivity index (χ2n) is 6.21. The highest BCUT2D eigenvalue weighted by Gasteiger charge is 2.37. The molecule has 0 saturated heterocycles. The van der Waals surface area contributed by atoms with Gasteiger partial charge in [0, 0.05) is 0 Å². The first kappa shape index (κ1) is 15.9. The predicted molar refractivity (Wildman–Crippen MR) is 78.8 cm³/mol.